The Morgan fingerprint density at radius 3 is 2.50 bits per heavy atom. The molecule has 1 amide bonds. The van der Waals surface area contributed by atoms with Crippen molar-refractivity contribution in [3.05, 3.63) is 35.7 Å². The molecule has 1 heterocycles. The van der Waals surface area contributed by atoms with E-state index in [1.54, 1.807) is 0 Å². The van der Waals surface area contributed by atoms with E-state index in [1.807, 2.05) is 38.1 Å². The Morgan fingerprint density at radius 1 is 1.23 bits per heavy atom. The lowest BCUT2D eigenvalue weighted by Gasteiger charge is -2.09. The van der Waals surface area contributed by atoms with Crippen molar-refractivity contribution < 1.29 is 9.21 Å². The predicted molar refractivity (Wildman–Crippen MR) is 86.6 cm³/mol. The average Bonchev–Trinajstić information content (AvgIpc) is 3.10. The molecule has 2 aromatic rings. The van der Waals surface area contributed by atoms with Gasteiger partial charge in [0, 0.05) is 17.7 Å². The Kier molecular flexibility index (Phi) is 4.27. The molecule has 1 N–H and O–H groups in total. The molecular weight excluding hydrogens is 276 g/mol. The lowest BCUT2D eigenvalue weighted by molar-refractivity contribution is -0.117. The maximum atomic E-state index is 12.0. The van der Waals surface area contributed by atoms with Crippen LogP contribution in [0.15, 0.2) is 28.7 Å². The summed E-state index contributed by atoms with van der Waals surface area (Å²) < 4.78 is 5.61. The van der Waals surface area contributed by atoms with Gasteiger partial charge in [-0.3, -0.25) is 4.79 Å². The minimum atomic E-state index is 0.113. The zero-order chi connectivity index (χ0) is 15.5. The van der Waals surface area contributed by atoms with Gasteiger partial charge in [-0.2, -0.15) is 0 Å². The first-order valence-electron chi connectivity index (χ1n) is 7.96. The fourth-order valence-corrected chi connectivity index (χ4v) is 2.98. The first-order valence-corrected chi connectivity index (χ1v) is 7.96. The number of aromatic nitrogens is 1. The summed E-state index contributed by atoms with van der Waals surface area (Å²) in [4.78, 5) is 16.4. The molecule has 0 spiro atoms. The number of nitrogens with zero attached hydrogens (tertiary/aromatic N) is 1. The molecule has 1 saturated carbocycles. The normalized spacial score (nSPS) is 15.2. The first-order chi connectivity index (χ1) is 10.6. The van der Waals surface area contributed by atoms with Gasteiger partial charge in [-0.1, -0.05) is 12.8 Å². The average molecular weight is 298 g/mol. The molecule has 1 aliphatic carbocycles. The minimum absolute atomic E-state index is 0.113. The van der Waals surface area contributed by atoms with Crippen LogP contribution in [0.2, 0.25) is 0 Å². The highest BCUT2D eigenvalue weighted by atomic mass is 16.4. The summed E-state index contributed by atoms with van der Waals surface area (Å²) in [6, 6.07) is 7.65. The zero-order valence-corrected chi connectivity index (χ0v) is 13.2. The summed E-state index contributed by atoms with van der Waals surface area (Å²) in [6.45, 7) is 3.84. The van der Waals surface area contributed by atoms with Crippen molar-refractivity contribution >= 4 is 11.6 Å². The van der Waals surface area contributed by atoms with Gasteiger partial charge in [0.05, 0.1) is 5.69 Å². The zero-order valence-electron chi connectivity index (χ0n) is 13.2. The third-order valence-electron chi connectivity index (χ3n) is 4.39. The summed E-state index contributed by atoms with van der Waals surface area (Å²) in [7, 11) is 0. The third kappa shape index (κ3) is 3.38. The number of carbonyl (C=O) groups is 1. The van der Waals surface area contributed by atoms with Gasteiger partial charge in [0.2, 0.25) is 11.8 Å². The van der Waals surface area contributed by atoms with Crippen LogP contribution in [0, 0.1) is 19.8 Å². The van der Waals surface area contributed by atoms with Gasteiger partial charge in [0.15, 0.2) is 0 Å². The monoisotopic (exact) mass is 298 g/mol. The molecule has 0 atom stereocenters. The number of hydrogen-bond donors (Lipinski definition) is 1. The molecule has 1 aromatic heterocycles. The summed E-state index contributed by atoms with van der Waals surface area (Å²) in [5.74, 6) is 2.14. The first kappa shape index (κ1) is 14.8. The van der Waals surface area contributed by atoms with E-state index in [4.69, 9.17) is 4.42 Å². The molecule has 4 nitrogen and oxygen atoms in total. The van der Waals surface area contributed by atoms with Gasteiger partial charge >= 0.3 is 0 Å². The van der Waals surface area contributed by atoms with Crippen LogP contribution in [0.1, 0.15) is 43.6 Å². The standard InChI is InChI=1S/C18H22N2O2/c1-12-13(2)22-18(19-12)15-7-9-16(10-8-15)20-17(21)11-14-5-3-4-6-14/h7-10,14H,3-6,11H2,1-2H3,(H,20,21). The molecule has 0 bridgehead atoms. The summed E-state index contributed by atoms with van der Waals surface area (Å²) in [5, 5.41) is 2.97. The van der Waals surface area contributed by atoms with Gasteiger partial charge in [-0.15, -0.1) is 0 Å². The number of nitrogens with one attached hydrogen (secondary N) is 1. The van der Waals surface area contributed by atoms with E-state index < -0.39 is 0 Å². The number of carbonyl (C=O) groups excluding carboxylic acids is 1. The van der Waals surface area contributed by atoms with Crippen molar-refractivity contribution in [2.45, 2.75) is 46.0 Å². The van der Waals surface area contributed by atoms with Crippen LogP contribution >= 0.6 is 0 Å². The maximum Gasteiger partial charge on any atom is 0.226 e. The molecule has 4 heteroatoms. The van der Waals surface area contributed by atoms with E-state index in [0.717, 1.165) is 22.7 Å². The quantitative estimate of drug-likeness (QED) is 0.905. The van der Waals surface area contributed by atoms with Crippen LogP contribution in [0.5, 0.6) is 0 Å². The van der Waals surface area contributed by atoms with Crippen molar-refractivity contribution in [2.24, 2.45) is 5.92 Å². The van der Waals surface area contributed by atoms with E-state index in [0.29, 0.717) is 18.2 Å². The van der Waals surface area contributed by atoms with E-state index in [1.165, 1.54) is 25.7 Å². The van der Waals surface area contributed by atoms with Crippen molar-refractivity contribution in [2.75, 3.05) is 5.32 Å². The number of amides is 1. The van der Waals surface area contributed by atoms with E-state index in [9.17, 15) is 4.79 Å². The highest BCUT2D eigenvalue weighted by molar-refractivity contribution is 5.91. The van der Waals surface area contributed by atoms with Crippen molar-refractivity contribution in [1.29, 1.82) is 0 Å². The lowest BCUT2D eigenvalue weighted by Crippen LogP contribution is -2.14. The smallest absolute Gasteiger partial charge is 0.226 e. The minimum Gasteiger partial charge on any atom is -0.441 e. The molecule has 0 aliphatic heterocycles. The van der Waals surface area contributed by atoms with Crippen molar-refractivity contribution in [3.8, 4) is 11.5 Å². The second kappa shape index (κ2) is 6.34. The topological polar surface area (TPSA) is 55.1 Å². The molecule has 1 aromatic carbocycles. The Bertz CT molecular complexity index is 633. The molecule has 0 unspecified atom stereocenters. The van der Waals surface area contributed by atoms with Gasteiger partial charge in [0.1, 0.15) is 5.76 Å². The molecule has 1 fully saturated rings. The number of aryl methyl sites for hydroxylation is 2. The second-order valence-electron chi connectivity index (χ2n) is 6.14. The van der Waals surface area contributed by atoms with Crippen LogP contribution in [-0.4, -0.2) is 10.9 Å². The van der Waals surface area contributed by atoms with Crippen molar-refractivity contribution in [3.63, 3.8) is 0 Å². The number of oxazole rings is 1. The number of benzene rings is 1. The van der Waals surface area contributed by atoms with E-state index >= 15 is 0 Å². The van der Waals surface area contributed by atoms with Crippen LogP contribution in [0.3, 0.4) is 0 Å². The highest BCUT2D eigenvalue weighted by Crippen LogP contribution is 2.28. The number of rotatable bonds is 4. The fourth-order valence-electron chi connectivity index (χ4n) is 2.98. The SMILES string of the molecule is Cc1nc(-c2ccc(NC(=O)CC3CCCC3)cc2)oc1C. The van der Waals surface area contributed by atoms with Crippen LogP contribution in [0.25, 0.3) is 11.5 Å². The van der Waals surface area contributed by atoms with Gasteiger partial charge in [-0.05, 0) is 56.9 Å². The Labute approximate surface area is 130 Å². The Balaban J connectivity index is 1.62. The predicted octanol–water partition coefficient (Wildman–Crippen LogP) is 4.48. The van der Waals surface area contributed by atoms with Gasteiger partial charge in [0.25, 0.3) is 0 Å². The molecule has 0 radical (unpaired) electrons. The Morgan fingerprint density at radius 2 is 1.91 bits per heavy atom. The summed E-state index contributed by atoms with van der Waals surface area (Å²) >= 11 is 0. The van der Waals surface area contributed by atoms with Gasteiger partial charge in [-0.25, -0.2) is 4.98 Å². The van der Waals surface area contributed by atoms with Crippen LogP contribution in [-0.2, 0) is 4.79 Å². The summed E-state index contributed by atoms with van der Waals surface area (Å²) in [6.07, 6.45) is 5.55. The fraction of sp³-hybridized carbons (Fsp3) is 0.444. The van der Waals surface area contributed by atoms with Crippen LogP contribution < -0.4 is 5.32 Å². The van der Waals surface area contributed by atoms with E-state index in [2.05, 4.69) is 10.3 Å². The molecule has 0 saturated heterocycles. The maximum absolute atomic E-state index is 12.0. The second-order valence-corrected chi connectivity index (χ2v) is 6.14. The number of anilines is 1. The Hall–Kier alpha value is -2.10. The molecule has 116 valence electrons. The number of hydrogen-bond acceptors (Lipinski definition) is 3. The summed E-state index contributed by atoms with van der Waals surface area (Å²) in [5.41, 5.74) is 2.65. The van der Waals surface area contributed by atoms with Crippen LogP contribution in [0.4, 0.5) is 5.69 Å². The molecule has 1 aliphatic rings. The van der Waals surface area contributed by atoms with Crippen molar-refractivity contribution in [1.82, 2.24) is 4.98 Å². The van der Waals surface area contributed by atoms with Gasteiger partial charge < -0.3 is 9.73 Å². The highest BCUT2D eigenvalue weighted by Gasteiger charge is 2.18. The van der Waals surface area contributed by atoms with E-state index in [-0.39, 0.29) is 5.91 Å². The molecule has 3 rings (SSSR count). The molecular formula is C18H22N2O2. The largest absolute Gasteiger partial charge is 0.441 e. The lowest BCUT2D eigenvalue weighted by atomic mass is 10.0. The third-order valence-corrected chi connectivity index (χ3v) is 4.39. The molecule has 22 heavy (non-hydrogen) atoms.